The third kappa shape index (κ3) is 1.29. The number of rotatable bonds is 1. The first kappa shape index (κ1) is 7.12. The number of nitrogens with zero attached hydrogens (tertiary/aromatic N) is 1. The Balaban J connectivity index is 2.24. The van der Waals surface area contributed by atoms with Crippen molar-refractivity contribution in [1.29, 1.82) is 0 Å². The summed E-state index contributed by atoms with van der Waals surface area (Å²) in [4.78, 5) is 11.6. The van der Waals surface area contributed by atoms with Gasteiger partial charge in [-0.3, -0.25) is 0 Å². The third-order valence-corrected chi connectivity index (χ3v) is 1.64. The molecule has 1 N–H and O–H groups in total. The number of hydrogen-bond acceptors (Lipinski definition) is 1. The van der Waals surface area contributed by atoms with E-state index in [2.05, 4.69) is 0 Å². The molecule has 1 aliphatic heterocycles. The van der Waals surface area contributed by atoms with E-state index in [4.69, 9.17) is 5.11 Å². The molecule has 1 saturated heterocycles. The van der Waals surface area contributed by atoms with Crippen LogP contribution in [0.4, 0.5) is 4.79 Å². The van der Waals surface area contributed by atoms with Crippen molar-refractivity contribution in [3.8, 4) is 0 Å². The first-order chi connectivity index (χ1) is 4.74. The lowest BCUT2D eigenvalue weighted by molar-refractivity contribution is 0.0973. The molecule has 0 atom stereocenters. The number of carbonyl (C=O) groups is 1. The lowest BCUT2D eigenvalue weighted by Crippen LogP contribution is -2.48. The second kappa shape index (κ2) is 2.73. The zero-order valence-corrected chi connectivity index (χ0v) is 5.95. The number of amides is 1. The van der Waals surface area contributed by atoms with Crippen molar-refractivity contribution < 1.29 is 9.90 Å². The van der Waals surface area contributed by atoms with Crippen molar-refractivity contribution in [2.75, 3.05) is 13.1 Å². The van der Waals surface area contributed by atoms with E-state index in [1.165, 1.54) is 4.90 Å². The van der Waals surface area contributed by atoms with E-state index < -0.39 is 6.09 Å². The zero-order chi connectivity index (χ0) is 7.56. The van der Waals surface area contributed by atoms with Crippen LogP contribution in [0.15, 0.2) is 12.2 Å². The highest BCUT2D eigenvalue weighted by molar-refractivity contribution is 5.66. The van der Waals surface area contributed by atoms with E-state index in [9.17, 15) is 4.79 Å². The van der Waals surface area contributed by atoms with Crippen LogP contribution in [0.25, 0.3) is 0 Å². The van der Waals surface area contributed by atoms with Gasteiger partial charge in [-0.15, -0.1) is 0 Å². The van der Waals surface area contributed by atoms with Gasteiger partial charge in [0.15, 0.2) is 0 Å². The fourth-order valence-corrected chi connectivity index (χ4v) is 1.06. The minimum absolute atomic E-state index is 0.459. The summed E-state index contributed by atoms with van der Waals surface area (Å²) in [5, 5.41) is 8.42. The maximum atomic E-state index is 10.2. The molecule has 0 bridgehead atoms. The summed E-state index contributed by atoms with van der Waals surface area (Å²) in [6.45, 7) is 3.28. The summed E-state index contributed by atoms with van der Waals surface area (Å²) < 4.78 is 0. The normalized spacial score (nSPS) is 19.5. The predicted molar refractivity (Wildman–Crippen MR) is 37.9 cm³/mol. The number of hydrogen-bond donors (Lipinski definition) is 1. The Morgan fingerprint density at radius 1 is 1.70 bits per heavy atom. The summed E-state index contributed by atoms with van der Waals surface area (Å²) in [7, 11) is 0. The van der Waals surface area contributed by atoms with Crippen LogP contribution in [0.2, 0.25) is 0 Å². The molecular formula is C7H11NO2. The molecule has 56 valence electrons. The summed E-state index contributed by atoms with van der Waals surface area (Å²) >= 11 is 0. The van der Waals surface area contributed by atoms with Gasteiger partial charge in [0.05, 0.1) is 0 Å². The highest BCUT2D eigenvalue weighted by Crippen LogP contribution is 2.15. The van der Waals surface area contributed by atoms with Gasteiger partial charge in [0.2, 0.25) is 0 Å². The van der Waals surface area contributed by atoms with Crippen LogP contribution in [-0.2, 0) is 0 Å². The zero-order valence-electron chi connectivity index (χ0n) is 5.95. The Bertz CT molecular complexity index is 159. The first-order valence-corrected chi connectivity index (χ1v) is 3.34. The Hall–Kier alpha value is -0.990. The van der Waals surface area contributed by atoms with Crippen molar-refractivity contribution in [2.24, 2.45) is 5.92 Å². The molecule has 0 unspecified atom stereocenters. The monoisotopic (exact) mass is 141 g/mol. The van der Waals surface area contributed by atoms with Crippen molar-refractivity contribution in [3.63, 3.8) is 0 Å². The van der Waals surface area contributed by atoms with Crippen LogP contribution in [0.3, 0.4) is 0 Å². The van der Waals surface area contributed by atoms with Crippen LogP contribution in [0.1, 0.15) is 6.92 Å². The molecule has 0 saturated carbocycles. The molecule has 3 heteroatoms. The van der Waals surface area contributed by atoms with Gasteiger partial charge in [0.25, 0.3) is 0 Å². The molecule has 0 aromatic heterocycles. The Kier molecular flexibility index (Phi) is 1.94. The van der Waals surface area contributed by atoms with Crippen molar-refractivity contribution in [3.05, 3.63) is 12.2 Å². The fourth-order valence-electron chi connectivity index (χ4n) is 1.06. The van der Waals surface area contributed by atoms with E-state index in [0.717, 1.165) is 0 Å². The van der Waals surface area contributed by atoms with Crippen LogP contribution in [0.5, 0.6) is 0 Å². The van der Waals surface area contributed by atoms with E-state index in [1.54, 1.807) is 0 Å². The van der Waals surface area contributed by atoms with E-state index in [-0.39, 0.29) is 0 Å². The summed E-state index contributed by atoms with van der Waals surface area (Å²) in [6.07, 6.45) is 3.20. The maximum absolute atomic E-state index is 10.2. The Morgan fingerprint density at radius 2 is 2.30 bits per heavy atom. The smallest absolute Gasteiger partial charge is 0.407 e. The summed E-state index contributed by atoms with van der Waals surface area (Å²) in [5.74, 6) is 0.459. The average molecular weight is 141 g/mol. The molecule has 1 amide bonds. The largest absolute Gasteiger partial charge is 0.465 e. The van der Waals surface area contributed by atoms with Crippen LogP contribution in [0, 0.1) is 5.92 Å². The highest BCUT2D eigenvalue weighted by atomic mass is 16.4. The molecule has 10 heavy (non-hydrogen) atoms. The van der Waals surface area contributed by atoms with Gasteiger partial charge in [-0.05, 0) is 6.92 Å². The van der Waals surface area contributed by atoms with Gasteiger partial charge in [-0.25, -0.2) is 4.79 Å². The topological polar surface area (TPSA) is 40.5 Å². The fraction of sp³-hybridized carbons (Fsp3) is 0.571. The molecule has 0 aliphatic carbocycles. The lowest BCUT2D eigenvalue weighted by atomic mass is 10.0. The molecular weight excluding hydrogens is 130 g/mol. The van der Waals surface area contributed by atoms with Crippen molar-refractivity contribution in [2.45, 2.75) is 6.92 Å². The average Bonchev–Trinajstić information content (AvgIpc) is 1.76. The Morgan fingerprint density at radius 3 is 2.70 bits per heavy atom. The van der Waals surface area contributed by atoms with Gasteiger partial charge in [-0.1, -0.05) is 12.2 Å². The van der Waals surface area contributed by atoms with E-state index in [0.29, 0.717) is 19.0 Å². The van der Waals surface area contributed by atoms with Crippen molar-refractivity contribution >= 4 is 6.09 Å². The number of likely N-dealkylation sites (tertiary alicyclic amines) is 1. The van der Waals surface area contributed by atoms with Crippen LogP contribution in [-0.4, -0.2) is 29.2 Å². The van der Waals surface area contributed by atoms with Gasteiger partial charge in [0, 0.05) is 19.0 Å². The molecule has 1 rings (SSSR count). The molecule has 1 heterocycles. The molecule has 1 aliphatic rings. The lowest BCUT2D eigenvalue weighted by Gasteiger charge is -2.35. The second-order valence-electron chi connectivity index (χ2n) is 2.47. The van der Waals surface area contributed by atoms with Crippen molar-refractivity contribution in [1.82, 2.24) is 4.90 Å². The van der Waals surface area contributed by atoms with Gasteiger partial charge in [0.1, 0.15) is 0 Å². The molecule has 0 aromatic carbocycles. The van der Waals surface area contributed by atoms with E-state index in [1.807, 2.05) is 19.1 Å². The summed E-state index contributed by atoms with van der Waals surface area (Å²) in [5.41, 5.74) is 0. The summed E-state index contributed by atoms with van der Waals surface area (Å²) in [6, 6.07) is 0. The van der Waals surface area contributed by atoms with Crippen LogP contribution < -0.4 is 0 Å². The minimum atomic E-state index is -0.805. The van der Waals surface area contributed by atoms with E-state index >= 15 is 0 Å². The van der Waals surface area contributed by atoms with Gasteiger partial charge in [-0.2, -0.15) is 0 Å². The molecule has 0 aromatic rings. The SMILES string of the molecule is C/C=C\C1CN(C(=O)O)C1. The highest BCUT2D eigenvalue weighted by Gasteiger charge is 2.27. The Labute approximate surface area is 59.9 Å². The first-order valence-electron chi connectivity index (χ1n) is 3.34. The molecule has 0 spiro atoms. The van der Waals surface area contributed by atoms with Gasteiger partial charge >= 0.3 is 6.09 Å². The minimum Gasteiger partial charge on any atom is -0.465 e. The molecule has 1 fully saturated rings. The molecule has 3 nitrogen and oxygen atoms in total. The molecule has 0 radical (unpaired) electrons. The predicted octanol–water partition coefficient (Wildman–Crippen LogP) is 1.17. The standard InChI is InChI=1S/C7H11NO2/c1-2-3-6-4-8(5-6)7(9)10/h2-3,6H,4-5H2,1H3,(H,9,10)/b3-2-. The number of allylic oxidation sites excluding steroid dienone is 1. The maximum Gasteiger partial charge on any atom is 0.407 e. The second-order valence-corrected chi connectivity index (χ2v) is 2.47. The van der Waals surface area contributed by atoms with Crippen LogP contribution >= 0.6 is 0 Å². The van der Waals surface area contributed by atoms with Gasteiger partial charge < -0.3 is 10.0 Å². The quantitative estimate of drug-likeness (QED) is 0.557. The third-order valence-electron chi connectivity index (χ3n) is 1.64. The number of carboxylic acid groups (broad SMARTS) is 1.